The van der Waals surface area contributed by atoms with Gasteiger partial charge in [-0.1, -0.05) is 37.3 Å². The van der Waals surface area contributed by atoms with Gasteiger partial charge in [-0.05, 0) is 62.4 Å². The lowest BCUT2D eigenvalue weighted by atomic mass is 10.0. The van der Waals surface area contributed by atoms with Gasteiger partial charge in [0.1, 0.15) is 5.75 Å². The Morgan fingerprint density at radius 1 is 1.06 bits per heavy atom. The molecule has 1 amide bonds. The molecule has 0 saturated carbocycles. The molecule has 3 aromatic rings. The van der Waals surface area contributed by atoms with Gasteiger partial charge in [0.05, 0.1) is 21.9 Å². The van der Waals surface area contributed by atoms with Crippen molar-refractivity contribution in [3.63, 3.8) is 0 Å². The van der Waals surface area contributed by atoms with E-state index in [1.807, 2.05) is 32.0 Å². The third-order valence-electron chi connectivity index (χ3n) is 5.66. The van der Waals surface area contributed by atoms with Crippen LogP contribution in [0.15, 0.2) is 71.5 Å². The number of hydrogen-bond acceptors (Lipinski definition) is 4. The first-order chi connectivity index (χ1) is 17.3. The molecule has 1 N–H and O–H groups in total. The highest BCUT2D eigenvalue weighted by molar-refractivity contribution is 5.95. The summed E-state index contributed by atoms with van der Waals surface area (Å²) in [6.07, 6.45) is 5.83. The molecule has 0 aliphatic carbocycles. The van der Waals surface area contributed by atoms with E-state index in [1.165, 1.54) is 4.90 Å². The minimum absolute atomic E-state index is 0.119. The zero-order valence-electron chi connectivity index (χ0n) is 21.7. The molecule has 34 heavy (non-hydrogen) atoms. The predicted octanol–water partition coefficient (Wildman–Crippen LogP) is 6.41. The maximum Gasteiger partial charge on any atom is 0.303 e. The minimum atomic E-state index is -2.13. The number of aliphatic carboxylic acids is 1. The average Bonchev–Trinajstić information content (AvgIpc) is 3.41. The fraction of sp³-hybridized carbons (Fsp3) is 0.357. The summed E-state index contributed by atoms with van der Waals surface area (Å²) < 4.78 is 29.1. The van der Waals surface area contributed by atoms with Crippen LogP contribution in [0.1, 0.15) is 64.6 Å². The maximum absolute atomic E-state index is 13.6. The Labute approximate surface area is 204 Å². The van der Waals surface area contributed by atoms with Crippen LogP contribution in [0, 0.1) is 0 Å². The number of ether oxygens (including phenoxy) is 1. The van der Waals surface area contributed by atoms with Crippen molar-refractivity contribution >= 4 is 11.9 Å². The number of carboxylic acid groups (broad SMARTS) is 1. The summed E-state index contributed by atoms with van der Waals surface area (Å²) in [4.78, 5) is 25.6. The van der Waals surface area contributed by atoms with Gasteiger partial charge in [0.2, 0.25) is 0 Å². The van der Waals surface area contributed by atoms with Gasteiger partial charge in [-0.25, -0.2) is 0 Å². The molecule has 0 spiro atoms. The van der Waals surface area contributed by atoms with Crippen molar-refractivity contribution in [2.24, 2.45) is 0 Å². The van der Waals surface area contributed by atoms with Crippen molar-refractivity contribution in [1.82, 2.24) is 4.90 Å². The summed E-state index contributed by atoms with van der Waals surface area (Å²) in [6.45, 7) is 1.96. The largest absolute Gasteiger partial charge is 0.493 e. The van der Waals surface area contributed by atoms with Crippen LogP contribution in [0.3, 0.4) is 0 Å². The molecule has 0 bridgehead atoms. The Bertz CT molecular complexity index is 1130. The van der Waals surface area contributed by atoms with Crippen LogP contribution < -0.4 is 4.74 Å². The normalized spacial score (nSPS) is 13.0. The summed E-state index contributed by atoms with van der Waals surface area (Å²) in [5.74, 6) is -0.853. The molecule has 3 rings (SSSR count). The topological polar surface area (TPSA) is 80.0 Å². The number of para-hydroxylation sites is 1. The highest BCUT2D eigenvalue weighted by Gasteiger charge is 2.22. The van der Waals surface area contributed by atoms with Gasteiger partial charge in [-0.3, -0.25) is 9.59 Å². The Morgan fingerprint density at radius 3 is 2.50 bits per heavy atom. The van der Waals surface area contributed by atoms with Gasteiger partial charge >= 0.3 is 5.97 Å². The molecular formula is C28H33NO5. The van der Waals surface area contributed by atoms with E-state index >= 15 is 0 Å². The molecule has 6 heteroatoms. The highest BCUT2D eigenvalue weighted by atomic mass is 16.5. The molecule has 0 saturated heterocycles. The second-order valence-corrected chi connectivity index (χ2v) is 8.18. The monoisotopic (exact) mass is 465 g/mol. The van der Waals surface area contributed by atoms with E-state index in [0.717, 1.165) is 11.1 Å². The summed E-state index contributed by atoms with van der Waals surface area (Å²) in [5, 5.41) is 8.77. The van der Waals surface area contributed by atoms with Crippen LogP contribution in [0.4, 0.5) is 0 Å². The van der Waals surface area contributed by atoms with Gasteiger partial charge in [0.15, 0.2) is 0 Å². The van der Waals surface area contributed by atoms with E-state index in [4.69, 9.17) is 17.0 Å². The van der Waals surface area contributed by atoms with Crippen molar-refractivity contribution in [2.75, 3.05) is 6.61 Å². The SMILES string of the molecule is [2H]C([2H])(c1ccccc1OCCCCCC(=O)O)N(C(=O)c1ccc(-c2ccoc2)cc1)C(C)CC. The number of hydrogen-bond donors (Lipinski definition) is 1. The lowest BCUT2D eigenvalue weighted by molar-refractivity contribution is -0.137. The van der Waals surface area contributed by atoms with Gasteiger partial charge < -0.3 is 19.2 Å². The molecule has 6 nitrogen and oxygen atoms in total. The number of benzene rings is 2. The third kappa shape index (κ3) is 6.98. The van der Waals surface area contributed by atoms with E-state index in [0.29, 0.717) is 43.6 Å². The lowest BCUT2D eigenvalue weighted by Crippen LogP contribution is -2.37. The number of rotatable bonds is 13. The number of unbranched alkanes of at least 4 members (excludes halogenated alkanes) is 2. The summed E-state index contributed by atoms with van der Waals surface area (Å²) >= 11 is 0. The Hall–Kier alpha value is -3.54. The summed E-state index contributed by atoms with van der Waals surface area (Å²) in [6, 6.07) is 15.4. The van der Waals surface area contributed by atoms with Crippen LogP contribution in [0.5, 0.6) is 5.75 Å². The maximum atomic E-state index is 13.6. The van der Waals surface area contributed by atoms with Crippen LogP contribution in [-0.2, 0) is 11.3 Å². The molecule has 0 aliphatic heterocycles. The number of carboxylic acids is 1. The van der Waals surface area contributed by atoms with Crippen molar-refractivity contribution in [2.45, 2.75) is 58.5 Å². The standard InChI is InChI=1S/C28H33NO5/c1-3-21(2)29(28(32)23-14-12-22(13-15-23)25-16-18-33-20-25)19-24-9-6-7-10-26(24)34-17-8-4-5-11-27(30)31/h6-7,9-10,12-16,18,20-21H,3-5,8,11,17,19H2,1-2H3,(H,30,31)/i19D2. The molecule has 2 aromatic carbocycles. The molecule has 0 radical (unpaired) electrons. The fourth-order valence-electron chi connectivity index (χ4n) is 3.47. The Balaban J connectivity index is 1.81. The molecular weight excluding hydrogens is 430 g/mol. The Kier molecular flexibility index (Phi) is 8.27. The lowest BCUT2D eigenvalue weighted by Gasteiger charge is -2.29. The smallest absolute Gasteiger partial charge is 0.303 e. The van der Waals surface area contributed by atoms with E-state index in [-0.39, 0.29) is 18.0 Å². The molecule has 1 aromatic heterocycles. The Morgan fingerprint density at radius 2 is 1.82 bits per heavy atom. The van der Waals surface area contributed by atoms with E-state index < -0.39 is 18.4 Å². The van der Waals surface area contributed by atoms with E-state index in [1.54, 1.807) is 48.9 Å². The number of carbonyl (C=O) groups is 2. The number of nitrogens with zero attached hydrogens (tertiary/aromatic N) is 1. The van der Waals surface area contributed by atoms with E-state index in [9.17, 15) is 9.59 Å². The summed E-state index contributed by atoms with van der Waals surface area (Å²) in [5.41, 5.74) is 2.47. The zero-order valence-corrected chi connectivity index (χ0v) is 19.7. The quantitative estimate of drug-likeness (QED) is 0.295. The first-order valence-electron chi connectivity index (χ1n) is 12.7. The van der Waals surface area contributed by atoms with Crippen LogP contribution in [0.25, 0.3) is 11.1 Å². The van der Waals surface area contributed by atoms with Gasteiger partial charge in [-0.15, -0.1) is 0 Å². The number of carbonyl (C=O) groups excluding carboxylic acids is 1. The van der Waals surface area contributed by atoms with Gasteiger partial charge in [0, 0.05) is 35.6 Å². The molecule has 1 heterocycles. The molecule has 0 fully saturated rings. The molecule has 1 atom stereocenters. The zero-order chi connectivity index (χ0) is 26.1. The third-order valence-corrected chi connectivity index (χ3v) is 5.66. The summed E-state index contributed by atoms with van der Waals surface area (Å²) in [7, 11) is 0. The second kappa shape index (κ2) is 12.6. The van der Waals surface area contributed by atoms with Crippen LogP contribution >= 0.6 is 0 Å². The number of furan rings is 1. The van der Waals surface area contributed by atoms with Gasteiger partial charge in [-0.2, -0.15) is 0 Å². The highest BCUT2D eigenvalue weighted by Crippen LogP contribution is 2.25. The van der Waals surface area contributed by atoms with Crippen molar-refractivity contribution in [3.05, 3.63) is 78.3 Å². The first-order valence-corrected chi connectivity index (χ1v) is 11.7. The van der Waals surface area contributed by atoms with Crippen LogP contribution in [-0.4, -0.2) is 34.5 Å². The van der Waals surface area contributed by atoms with Crippen molar-refractivity contribution < 1.29 is 26.6 Å². The fourth-order valence-corrected chi connectivity index (χ4v) is 3.47. The minimum Gasteiger partial charge on any atom is -0.493 e. The molecule has 0 aliphatic rings. The van der Waals surface area contributed by atoms with E-state index in [2.05, 4.69) is 0 Å². The van der Waals surface area contributed by atoms with Crippen LogP contribution in [0.2, 0.25) is 0 Å². The van der Waals surface area contributed by atoms with Crippen molar-refractivity contribution in [1.29, 1.82) is 0 Å². The predicted molar refractivity (Wildman–Crippen MR) is 132 cm³/mol. The van der Waals surface area contributed by atoms with Crippen molar-refractivity contribution in [3.8, 4) is 16.9 Å². The molecule has 180 valence electrons. The molecule has 1 unspecified atom stereocenters. The first kappa shape index (κ1) is 22.3. The average molecular weight is 466 g/mol. The number of amides is 1. The van der Waals surface area contributed by atoms with Gasteiger partial charge in [0.25, 0.3) is 5.91 Å². The second-order valence-electron chi connectivity index (χ2n) is 8.18.